The number of nitrogens with one attached hydrogen (secondary N) is 1. The Morgan fingerprint density at radius 2 is 2.38 bits per heavy atom. The molecule has 3 nitrogen and oxygen atoms in total. The number of hydrogen-bond acceptors (Lipinski definition) is 1. The lowest BCUT2D eigenvalue weighted by molar-refractivity contribution is 0.0696. The van der Waals surface area contributed by atoms with Gasteiger partial charge in [-0.3, -0.25) is 0 Å². The molecule has 0 unspecified atom stereocenters. The molecule has 1 heterocycles. The van der Waals surface area contributed by atoms with Gasteiger partial charge in [0.1, 0.15) is 0 Å². The highest BCUT2D eigenvalue weighted by Crippen LogP contribution is 2.32. The molecule has 1 fully saturated rings. The van der Waals surface area contributed by atoms with E-state index < -0.39 is 5.97 Å². The van der Waals surface area contributed by atoms with E-state index in [0.29, 0.717) is 5.56 Å². The van der Waals surface area contributed by atoms with Crippen molar-refractivity contribution in [2.45, 2.75) is 26.2 Å². The number of rotatable bonds is 3. The third kappa shape index (κ3) is 1.74. The van der Waals surface area contributed by atoms with Crippen molar-refractivity contribution in [3.63, 3.8) is 0 Å². The Kier molecular flexibility index (Phi) is 1.87. The number of carboxylic acids is 1. The molecule has 0 bridgehead atoms. The van der Waals surface area contributed by atoms with Crippen molar-refractivity contribution < 1.29 is 9.90 Å². The second-order valence-corrected chi connectivity index (χ2v) is 3.79. The summed E-state index contributed by atoms with van der Waals surface area (Å²) in [6, 6.07) is 1.76. The number of aryl methyl sites for hydroxylation is 1. The molecule has 2 N–H and O–H groups in total. The van der Waals surface area contributed by atoms with Crippen LogP contribution in [0.3, 0.4) is 0 Å². The fourth-order valence-corrected chi connectivity index (χ4v) is 1.59. The molecule has 1 saturated carbocycles. The van der Waals surface area contributed by atoms with E-state index in [1.807, 2.05) is 0 Å². The van der Waals surface area contributed by atoms with Crippen LogP contribution in [0.4, 0.5) is 0 Å². The first-order chi connectivity index (χ1) is 6.16. The maximum absolute atomic E-state index is 10.7. The van der Waals surface area contributed by atoms with Crippen LogP contribution in [0.5, 0.6) is 0 Å². The Balaban J connectivity index is 2.18. The quantitative estimate of drug-likeness (QED) is 0.745. The van der Waals surface area contributed by atoms with Gasteiger partial charge in [0.15, 0.2) is 0 Å². The van der Waals surface area contributed by atoms with Gasteiger partial charge in [-0.05, 0) is 38.2 Å². The molecule has 1 aromatic heterocycles. The minimum atomic E-state index is -0.837. The van der Waals surface area contributed by atoms with E-state index in [-0.39, 0.29) is 0 Å². The molecule has 0 saturated heterocycles. The van der Waals surface area contributed by atoms with Crippen LogP contribution in [0.2, 0.25) is 0 Å². The summed E-state index contributed by atoms with van der Waals surface area (Å²) in [5, 5.41) is 8.81. The highest BCUT2D eigenvalue weighted by molar-refractivity contribution is 5.89. The second kappa shape index (κ2) is 2.91. The lowest BCUT2D eigenvalue weighted by atomic mass is 10.2. The normalized spacial score (nSPS) is 16.1. The zero-order valence-electron chi connectivity index (χ0n) is 7.63. The van der Waals surface area contributed by atoms with Crippen LogP contribution in [0.1, 0.15) is 34.6 Å². The Hall–Kier alpha value is -1.25. The fourth-order valence-electron chi connectivity index (χ4n) is 1.59. The van der Waals surface area contributed by atoms with Crippen molar-refractivity contribution in [2.75, 3.05) is 0 Å². The van der Waals surface area contributed by atoms with Gasteiger partial charge in [0.05, 0.1) is 5.56 Å². The molecule has 1 aliphatic carbocycles. The van der Waals surface area contributed by atoms with Gasteiger partial charge in [-0.25, -0.2) is 4.79 Å². The van der Waals surface area contributed by atoms with Crippen LogP contribution < -0.4 is 0 Å². The first kappa shape index (κ1) is 8.35. The number of hydrogen-bond donors (Lipinski definition) is 2. The Labute approximate surface area is 76.8 Å². The van der Waals surface area contributed by atoms with Crippen LogP contribution in [0.15, 0.2) is 6.07 Å². The van der Waals surface area contributed by atoms with Crippen molar-refractivity contribution in [3.8, 4) is 0 Å². The number of carboxylic acid groups (broad SMARTS) is 1. The molecule has 0 amide bonds. The number of aromatic nitrogens is 1. The smallest absolute Gasteiger partial charge is 0.337 e. The topological polar surface area (TPSA) is 53.1 Å². The Morgan fingerprint density at radius 3 is 2.85 bits per heavy atom. The predicted octanol–water partition coefficient (Wildman–Crippen LogP) is 1.97. The summed E-state index contributed by atoms with van der Waals surface area (Å²) in [5.74, 6) is -0.0458. The van der Waals surface area contributed by atoms with Crippen molar-refractivity contribution >= 4 is 5.97 Å². The predicted molar refractivity (Wildman–Crippen MR) is 48.9 cm³/mol. The van der Waals surface area contributed by atoms with Gasteiger partial charge < -0.3 is 10.1 Å². The summed E-state index contributed by atoms with van der Waals surface area (Å²) in [6.45, 7) is 1.81. The Bertz CT molecular complexity index is 337. The molecule has 0 atom stereocenters. The van der Waals surface area contributed by atoms with Crippen LogP contribution >= 0.6 is 0 Å². The van der Waals surface area contributed by atoms with Gasteiger partial charge >= 0.3 is 5.97 Å². The first-order valence-corrected chi connectivity index (χ1v) is 4.58. The first-order valence-electron chi connectivity index (χ1n) is 4.58. The van der Waals surface area contributed by atoms with E-state index in [4.69, 9.17) is 5.11 Å². The van der Waals surface area contributed by atoms with E-state index in [1.54, 1.807) is 13.0 Å². The third-order valence-corrected chi connectivity index (χ3v) is 2.51. The molecule has 2 rings (SSSR count). The average molecular weight is 179 g/mol. The standard InChI is InChI=1S/C10H13NO2/c1-6-9(10(12)13)5-8(11-6)4-7-2-3-7/h5,7,11H,2-4H2,1H3,(H,12,13). The maximum Gasteiger partial charge on any atom is 0.337 e. The van der Waals surface area contributed by atoms with Gasteiger partial charge in [-0.15, -0.1) is 0 Å². The van der Waals surface area contributed by atoms with Crippen molar-refractivity contribution in [3.05, 3.63) is 23.0 Å². The summed E-state index contributed by atoms with van der Waals surface area (Å²) in [5.41, 5.74) is 2.25. The van der Waals surface area contributed by atoms with E-state index in [0.717, 1.165) is 23.7 Å². The highest BCUT2D eigenvalue weighted by atomic mass is 16.4. The van der Waals surface area contributed by atoms with E-state index >= 15 is 0 Å². The van der Waals surface area contributed by atoms with Gasteiger partial charge in [0.25, 0.3) is 0 Å². The molecular weight excluding hydrogens is 166 g/mol. The molecule has 0 aromatic carbocycles. The van der Waals surface area contributed by atoms with Gasteiger partial charge in [0.2, 0.25) is 0 Å². The molecule has 1 aliphatic rings. The maximum atomic E-state index is 10.7. The highest BCUT2D eigenvalue weighted by Gasteiger charge is 2.23. The number of aromatic amines is 1. The van der Waals surface area contributed by atoms with Crippen LogP contribution in [0, 0.1) is 12.8 Å². The largest absolute Gasteiger partial charge is 0.478 e. The summed E-state index contributed by atoms with van der Waals surface area (Å²) in [6.07, 6.45) is 3.59. The van der Waals surface area contributed by atoms with Gasteiger partial charge in [-0.1, -0.05) is 0 Å². The summed E-state index contributed by atoms with van der Waals surface area (Å²) in [7, 11) is 0. The number of H-pyrrole nitrogens is 1. The van der Waals surface area contributed by atoms with E-state index in [2.05, 4.69) is 4.98 Å². The molecule has 3 heteroatoms. The Morgan fingerprint density at radius 1 is 1.69 bits per heavy atom. The van der Waals surface area contributed by atoms with Crippen LogP contribution in [-0.2, 0) is 6.42 Å². The fraction of sp³-hybridized carbons (Fsp3) is 0.500. The molecule has 0 radical (unpaired) electrons. The summed E-state index contributed by atoms with van der Waals surface area (Å²) >= 11 is 0. The van der Waals surface area contributed by atoms with E-state index in [9.17, 15) is 4.79 Å². The molecule has 70 valence electrons. The molecule has 1 aromatic rings. The number of carbonyl (C=O) groups is 1. The zero-order valence-corrected chi connectivity index (χ0v) is 7.63. The van der Waals surface area contributed by atoms with Crippen molar-refractivity contribution in [1.29, 1.82) is 0 Å². The minimum absolute atomic E-state index is 0.413. The van der Waals surface area contributed by atoms with Crippen LogP contribution in [0.25, 0.3) is 0 Å². The van der Waals surface area contributed by atoms with Crippen LogP contribution in [-0.4, -0.2) is 16.1 Å². The molecule has 13 heavy (non-hydrogen) atoms. The molecular formula is C10H13NO2. The molecule has 0 spiro atoms. The van der Waals surface area contributed by atoms with Crippen molar-refractivity contribution in [1.82, 2.24) is 4.98 Å². The number of aromatic carboxylic acids is 1. The molecule has 0 aliphatic heterocycles. The lowest BCUT2D eigenvalue weighted by Crippen LogP contribution is -1.95. The minimum Gasteiger partial charge on any atom is -0.478 e. The SMILES string of the molecule is Cc1[nH]c(CC2CC2)cc1C(=O)O. The van der Waals surface area contributed by atoms with Gasteiger partial charge in [0, 0.05) is 11.4 Å². The average Bonchev–Trinajstić information content (AvgIpc) is 2.75. The summed E-state index contributed by atoms with van der Waals surface area (Å²) < 4.78 is 0. The zero-order chi connectivity index (χ0) is 9.42. The lowest BCUT2D eigenvalue weighted by Gasteiger charge is -1.91. The van der Waals surface area contributed by atoms with Gasteiger partial charge in [-0.2, -0.15) is 0 Å². The van der Waals surface area contributed by atoms with E-state index in [1.165, 1.54) is 12.8 Å². The monoisotopic (exact) mass is 179 g/mol. The second-order valence-electron chi connectivity index (χ2n) is 3.79. The third-order valence-electron chi connectivity index (χ3n) is 2.51. The van der Waals surface area contributed by atoms with Crippen molar-refractivity contribution in [2.24, 2.45) is 5.92 Å². The summed E-state index contributed by atoms with van der Waals surface area (Å²) in [4.78, 5) is 13.8.